The monoisotopic (exact) mass is 263 g/mol. The molecule has 0 bridgehead atoms. The van der Waals surface area contributed by atoms with E-state index in [0.717, 1.165) is 0 Å². The van der Waals surface area contributed by atoms with Crippen LogP contribution in [0.2, 0.25) is 0 Å². The maximum atomic E-state index is 9.64. The number of hydrogen-bond donors (Lipinski definition) is 5. The quantitative estimate of drug-likeness (QED) is 0.528. The van der Waals surface area contributed by atoms with Gasteiger partial charge in [0.25, 0.3) is 0 Å². The summed E-state index contributed by atoms with van der Waals surface area (Å²) in [7, 11) is 0. The topological polar surface area (TPSA) is 107 Å². The van der Waals surface area contributed by atoms with Crippen LogP contribution in [0.1, 0.15) is 25.5 Å². The van der Waals surface area contributed by atoms with Crippen molar-refractivity contribution in [2.24, 2.45) is 11.1 Å². The summed E-state index contributed by atoms with van der Waals surface area (Å²) in [4.78, 5) is 0. The van der Waals surface area contributed by atoms with Crippen molar-refractivity contribution in [3.05, 3.63) is 17.7 Å². The average Bonchev–Trinajstić information content (AvgIpc) is 2.25. The fourth-order valence-electron chi connectivity index (χ4n) is 1.35. The molecule has 6 N–H and O–H groups in total. The predicted octanol–water partition coefficient (Wildman–Crippen LogP) is 1.24. The Morgan fingerprint density at radius 3 is 2.18 bits per heavy atom. The van der Waals surface area contributed by atoms with Gasteiger partial charge in [0.2, 0.25) is 5.75 Å². The lowest BCUT2D eigenvalue weighted by atomic mass is 9.81. The second-order valence-corrected chi connectivity index (χ2v) is 4.50. The van der Waals surface area contributed by atoms with Gasteiger partial charge in [0.05, 0.1) is 0 Å². The minimum Gasteiger partial charge on any atom is -0.504 e. The molecule has 0 aliphatic heterocycles. The average molecular weight is 264 g/mol. The molecule has 0 saturated heterocycles. The number of aliphatic hydroxyl groups excluding tert-OH is 1. The second-order valence-electron chi connectivity index (χ2n) is 4.50. The van der Waals surface area contributed by atoms with Gasteiger partial charge in [0, 0.05) is 23.6 Å². The number of rotatable bonds is 3. The number of hydrogen-bond acceptors (Lipinski definition) is 5. The van der Waals surface area contributed by atoms with Gasteiger partial charge in [-0.2, -0.15) is 0 Å². The predicted molar refractivity (Wildman–Crippen MR) is 66.5 cm³/mol. The smallest absolute Gasteiger partial charge is 0.200 e. The van der Waals surface area contributed by atoms with E-state index in [1.807, 2.05) is 0 Å². The lowest BCUT2D eigenvalue weighted by Gasteiger charge is -2.30. The van der Waals surface area contributed by atoms with E-state index in [2.05, 4.69) is 0 Å². The van der Waals surface area contributed by atoms with Crippen LogP contribution in [-0.4, -0.2) is 27.0 Å². The zero-order valence-corrected chi connectivity index (χ0v) is 10.5. The number of nitrogens with two attached hydrogens (primary N) is 1. The molecular weight excluding hydrogens is 246 g/mol. The van der Waals surface area contributed by atoms with Gasteiger partial charge in [-0.1, -0.05) is 13.8 Å². The molecule has 0 radical (unpaired) electrons. The summed E-state index contributed by atoms with van der Waals surface area (Å²) in [5.74, 6) is -1.45. The van der Waals surface area contributed by atoms with Gasteiger partial charge >= 0.3 is 0 Å². The fraction of sp³-hybridized carbons (Fsp3) is 0.455. The first-order valence-corrected chi connectivity index (χ1v) is 4.91. The van der Waals surface area contributed by atoms with Gasteiger partial charge < -0.3 is 26.2 Å². The third-order valence-electron chi connectivity index (χ3n) is 2.75. The summed E-state index contributed by atoms with van der Waals surface area (Å²) in [5.41, 5.74) is 5.54. The largest absolute Gasteiger partial charge is 0.504 e. The highest BCUT2D eigenvalue weighted by molar-refractivity contribution is 5.85. The maximum absolute atomic E-state index is 9.64. The molecule has 0 saturated carbocycles. The second kappa shape index (κ2) is 5.44. The Labute approximate surface area is 106 Å². The molecule has 1 rings (SSSR count). The molecule has 1 aromatic rings. The summed E-state index contributed by atoms with van der Waals surface area (Å²) in [6, 6.07) is 2.02. The Balaban J connectivity index is 0.00000256. The zero-order chi connectivity index (χ0) is 12.5. The summed E-state index contributed by atoms with van der Waals surface area (Å²) in [6.45, 7) is 3.32. The van der Waals surface area contributed by atoms with Crippen molar-refractivity contribution >= 4 is 12.4 Å². The zero-order valence-electron chi connectivity index (χ0n) is 9.71. The maximum Gasteiger partial charge on any atom is 0.200 e. The minimum atomic E-state index is -0.649. The first-order valence-electron chi connectivity index (χ1n) is 4.91. The lowest BCUT2D eigenvalue weighted by Crippen LogP contribution is -2.32. The van der Waals surface area contributed by atoms with E-state index >= 15 is 0 Å². The van der Waals surface area contributed by atoms with E-state index in [1.165, 1.54) is 12.1 Å². The molecule has 98 valence electrons. The van der Waals surface area contributed by atoms with E-state index in [9.17, 15) is 10.2 Å². The molecule has 0 aliphatic rings. The molecule has 0 amide bonds. The summed E-state index contributed by atoms with van der Waals surface area (Å²) < 4.78 is 0. The Kier molecular flexibility index (Phi) is 5.07. The number of aliphatic hydroxyl groups is 1. The van der Waals surface area contributed by atoms with Crippen LogP contribution in [0.4, 0.5) is 0 Å². The highest BCUT2D eigenvalue weighted by atomic mass is 35.5. The SMILES string of the molecule is CC(C)(CO)[C@H](N)c1ccc(O)c(O)c1O.Cl. The Bertz CT molecular complexity index is 395. The number of benzene rings is 1. The van der Waals surface area contributed by atoms with Crippen LogP contribution in [0.25, 0.3) is 0 Å². The van der Waals surface area contributed by atoms with Gasteiger partial charge in [0.1, 0.15) is 0 Å². The number of halogens is 1. The van der Waals surface area contributed by atoms with Crippen LogP contribution in [0.3, 0.4) is 0 Å². The number of phenols is 3. The van der Waals surface area contributed by atoms with Crippen LogP contribution in [0, 0.1) is 5.41 Å². The van der Waals surface area contributed by atoms with Crippen LogP contribution < -0.4 is 5.73 Å². The molecule has 6 heteroatoms. The molecule has 5 nitrogen and oxygen atoms in total. The normalized spacial score (nSPS) is 12.9. The molecule has 0 unspecified atom stereocenters. The van der Waals surface area contributed by atoms with Crippen molar-refractivity contribution in [2.75, 3.05) is 6.61 Å². The molecule has 1 atom stereocenters. The summed E-state index contributed by atoms with van der Waals surface area (Å²) >= 11 is 0. The molecule has 0 aliphatic carbocycles. The van der Waals surface area contributed by atoms with Crippen molar-refractivity contribution in [1.82, 2.24) is 0 Å². The molecule has 0 heterocycles. The van der Waals surface area contributed by atoms with Gasteiger partial charge in [-0.05, 0) is 12.1 Å². The van der Waals surface area contributed by atoms with Crippen molar-refractivity contribution in [3.8, 4) is 17.2 Å². The minimum absolute atomic E-state index is 0. The van der Waals surface area contributed by atoms with E-state index in [1.54, 1.807) is 13.8 Å². The van der Waals surface area contributed by atoms with Gasteiger partial charge in [-0.25, -0.2) is 0 Å². The first kappa shape index (κ1) is 15.8. The summed E-state index contributed by atoms with van der Waals surface area (Å²) in [6.07, 6.45) is 0. The third kappa shape index (κ3) is 2.94. The molecule has 0 fully saturated rings. The molecule has 1 aromatic carbocycles. The van der Waals surface area contributed by atoms with Gasteiger partial charge in [-0.15, -0.1) is 12.4 Å². The molecule has 17 heavy (non-hydrogen) atoms. The lowest BCUT2D eigenvalue weighted by molar-refractivity contribution is 0.131. The number of phenolic OH excluding ortho intramolecular Hbond substituents is 3. The Morgan fingerprint density at radius 2 is 1.71 bits per heavy atom. The van der Waals surface area contributed by atoms with Crippen LogP contribution in [0.15, 0.2) is 12.1 Å². The van der Waals surface area contributed by atoms with E-state index in [0.29, 0.717) is 0 Å². The molecule has 0 spiro atoms. The highest BCUT2D eigenvalue weighted by Gasteiger charge is 2.30. The Morgan fingerprint density at radius 1 is 1.18 bits per heavy atom. The van der Waals surface area contributed by atoms with Crippen LogP contribution >= 0.6 is 12.4 Å². The highest BCUT2D eigenvalue weighted by Crippen LogP contribution is 2.43. The van der Waals surface area contributed by atoms with Crippen LogP contribution in [0.5, 0.6) is 17.2 Å². The van der Waals surface area contributed by atoms with Gasteiger partial charge in [-0.3, -0.25) is 0 Å². The number of aromatic hydroxyl groups is 3. The third-order valence-corrected chi connectivity index (χ3v) is 2.75. The standard InChI is InChI=1S/C11H17NO4.ClH/c1-11(2,5-13)10(12)6-3-4-7(14)9(16)8(6)15;/h3-4,10,13-16H,5,12H2,1-2H3;1H/t10-;/m1./s1. The first-order chi connectivity index (χ1) is 7.31. The van der Waals surface area contributed by atoms with Crippen molar-refractivity contribution in [1.29, 1.82) is 0 Å². The van der Waals surface area contributed by atoms with Crippen LogP contribution in [-0.2, 0) is 0 Å². The summed E-state index contributed by atoms with van der Waals surface area (Å²) in [5, 5.41) is 37.3. The van der Waals surface area contributed by atoms with Crippen molar-refractivity contribution < 1.29 is 20.4 Å². The molecule has 0 aromatic heterocycles. The van der Waals surface area contributed by atoms with Crippen molar-refractivity contribution in [2.45, 2.75) is 19.9 Å². The van der Waals surface area contributed by atoms with E-state index in [4.69, 9.17) is 15.9 Å². The Hall–Kier alpha value is -1.17. The van der Waals surface area contributed by atoms with E-state index < -0.39 is 28.7 Å². The van der Waals surface area contributed by atoms with E-state index in [-0.39, 0.29) is 24.6 Å². The van der Waals surface area contributed by atoms with Crippen molar-refractivity contribution in [3.63, 3.8) is 0 Å². The fourth-order valence-corrected chi connectivity index (χ4v) is 1.35. The van der Waals surface area contributed by atoms with Gasteiger partial charge in [0.15, 0.2) is 11.5 Å². The molecular formula is C11H18ClNO4.